The van der Waals surface area contributed by atoms with Gasteiger partial charge in [-0.15, -0.1) is 0 Å². The Morgan fingerprint density at radius 1 is 0.825 bits per heavy atom. The number of hydrogen-bond acceptors (Lipinski definition) is 7. The maximum absolute atomic E-state index is 13.7. The normalized spacial score (nSPS) is 17.9. The van der Waals surface area contributed by atoms with Crippen molar-refractivity contribution in [3.63, 3.8) is 0 Å². The summed E-state index contributed by atoms with van der Waals surface area (Å²) in [5.74, 6) is -1.15. The number of hydrogen-bond donors (Lipinski definition) is 0. The van der Waals surface area contributed by atoms with Gasteiger partial charge in [0.25, 0.3) is 0 Å². The Bertz CT molecular complexity index is 1360. The van der Waals surface area contributed by atoms with Crippen molar-refractivity contribution in [2.45, 2.75) is 50.8 Å². The molecule has 3 aromatic carbocycles. The van der Waals surface area contributed by atoms with Crippen LogP contribution in [0.1, 0.15) is 50.3 Å². The molecule has 1 aliphatic rings. The number of para-hydroxylation sites is 1. The first kappa shape index (κ1) is 28.5. The van der Waals surface area contributed by atoms with Crippen LogP contribution in [0.3, 0.4) is 0 Å². The molecule has 8 heteroatoms. The molecule has 0 radical (unpaired) electrons. The van der Waals surface area contributed by atoms with Gasteiger partial charge in [0, 0.05) is 23.1 Å². The number of carbonyl (C=O) groups is 3. The third kappa shape index (κ3) is 5.76. The fraction of sp³-hybridized carbons (Fsp3) is 0.312. The smallest absolute Gasteiger partial charge is 0.415 e. The van der Waals surface area contributed by atoms with E-state index < -0.39 is 35.2 Å². The zero-order valence-corrected chi connectivity index (χ0v) is 23.4. The van der Waals surface area contributed by atoms with Gasteiger partial charge in [-0.1, -0.05) is 78.9 Å². The summed E-state index contributed by atoms with van der Waals surface area (Å²) in [6.45, 7) is 5.27. The fourth-order valence-electron chi connectivity index (χ4n) is 5.01. The summed E-state index contributed by atoms with van der Waals surface area (Å²) in [5, 5.41) is 0. The molecule has 1 heterocycles. The molecule has 0 spiro atoms. The molecule has 0 aromatic heterocycles. The number of amides is 1. The fourth-order valence-corrected chi connectivity index (χ4v) is 5.01. The van der Waals surface area contributed by atoms with Crippen molar-refractivity contribution in [1.29, 1.82) is 0 Å². The van der Waals surface area contributed by atoms with Gasteiger partial charge in [0.15, 0.2) is 6.04 Å². The molecule has 208 valence electrons. The van der Waals surface area contributed by atoms with Crippen LogP contribution in [0.15, 0.2) is 89.9 Å². The Morgan fingerprint density at radius 3 is 1.90 bits per heavy atom. The van der Waals surface area contributed by atoms with Crippen LogP contribution in [0, 0.1) is 0 Å². The number of anilines is 1. The molecule has 40 heavy (non-hydrogen) atoms. The summed E-state index contributed by atoms with van der Waals surface area (Å²) in [6.07, 6.45) is -0.703. The van der Waals surface area contributed by atoms with E-state index in [1.807, 2.05) is 72.8 Å². The van der Waals surface area contributed by atoms with Crippen molar-refractivity contribution < 1.29 is 28.6 Å². The zero-order chi connectivity index (χ0) is 28.9. The second-order valence-corrected chi connectivity index (χ2v) is 10.5. The Balaban J connectivity index is 2.06. The van der Waals surface area contributed by atoms with Gasteiger partial charge in [0.05, 0.1) is 25.6 Å². The summed E-state index contributed by atoms with van der Waals surface area (Å²) < 4.78 is 16.0. The van der Waals surface area contributed by atoms with Crippen LogP contribution >= 0.6 is 0 Å². The van der Waals surface area contributed by atoms with E-state index in [9.17, 15) is 14.4 Å². The monoisotopic (exact) mass is 542 g/mol. The third-order valence-electron chi connectivity index (χ3n) is 6.70. The molecule has 0 fully saturated rings. The molecule has 8 nitrogen and oxygen atoms in total. The van der Waals surface area contributed by atoms with Gasteiger partial charge >= 0.3 is 18.0 Å². The van der Waals surface area contributed by atoms with Gasteiger partial charge in [0.2, 0.25) is 0 Å². The lowest BCUT2D eigenvalue weighted by molar-refractivity contribution is -0.145. The molecule has 4 rings (SSSR count). The van der Waals surface area contributed by atoms with E-state index in [2.05, 4.69) is 0 Å². The van der Waals surface area contributed by atoms with Gasteiger partial charge in [-0.3, -0.25) is 14.7 Å². The minimum Gasteiger partial charge on any atom is -0.469 e. The molecule has 0 bridgehead atoms. The quantitative estimate of drug-likeness (QED) is 0.217. The van der Waals surface area contributed by atoms with Crippen molar-refractivity contribution in [1.82, 2.24) is 0 Å². The van der Waals surface area contributed by atoms with Crippen LogP contribution in [-0.2, 0) is 29.3 Å². The molecule has 0 N–H and O–H groups in total. The summed E-state index contributed by atoms with van der Waals surface area (Å²) >= 11 is 0. The Morgan fingerprint density at radius 2 is 1.38 bits per heavy atom. The number of carbonyl (C=O) groups excluding carboxylic acids is 3. The number of fused-ring (bicyclic) bond motifs is 1. The standard InChI is InChI=1S/C32H34N2O6/c1-31(2,3)40-30(37)34-25-19-13-12-18-24(25)32(21-20-26(35)38-4,28(34)29(36)39-5)33-27(22-14-8-6-9-15-22)23-16-10-7-11-17-23/h6-19,28H,20-21H2,1-5H3/t28-,32+/m0/s1. The average Bonchev–Trinajstić information content (AvgIpc) is 3.24. The van der Waals surface area contributed by atoms with Crippen LogP contribution in [0.25, 0.3) is 0 Å². The average molecular weight is 543 g/mol. The third-order valence-corrected chi connectivity index (χ3v) is 6.70. The van der Waals surface area contributed by atoms with E-state index in [1.54, 1.807) is 32.9 Å². The number of nitrogens with zero attached hydrogens (tertiary/aromatic N) is 2. The molecule has 2 atom stereocenters. The SMILES string of the molecule is COC(=O)CC[C@@]1(N=C(c2ccccc2)c2ccccc2)c2ccccc2N(C(=O)OC(C)(C)C)[C@H]1C(=O)OC. The molecule has 0 saturated carbocycles. The predicted molar refractivity (Wildman–Crippen MR) is 152 cm³/mol. The second-order valence-electron chi connectivity index (χ2n) is 10.5. The first-order valence-corrected chi connectivity index (χ1v) is 13.1. The van der Waals surface area contributed by atoms with E-state index in [0.717, 1.165) is 11.1 Å². The molecular weight excluding hydrogens is 508 g/mol. The zero-order valence-electron chi connectivity index (χ0n) is 23.4. The lowest BCUT2D eigenvalue weighted by atomic mass is 9.81. The molecule has 0 unspecified atom stereocenters. The van der Waals surface area contributed by atoms with Crippen molar-refractivity contribution >= 4 is 29.4 Å². The van der Waals surface area contributed by atoms with Crippen LogP contribution in [0.5, 0.6) is 0 Å². The van der Waals surface area contributed by atoms with Gasteiger partial charge in [-0.05, 0) is 33.3 Å². The first-order valence-electron chi connectivity index (χ1n) is 13.1. The van der Waals surface area contributed by atoms with Gasteiger partial charge in [-0.2, -0.15) is 0 Å². The highest BCUT2D eigenvalue weighted by Gasteiger charge is 2.58. The highest BCUT2D eigenvalue weighted by Crippen LogP contribution is 2.50. The van der Waals surface area contributed by atoms with Crippen LogP contribution in [0.2, 0.25) is 0 Å². The predicted octanol–water partition coefficient (Wildman–Crippen LogP) is 5.67. The van der Waals surface area contributed by atoms with E-state index in [-0.39, 0.29) is 12.8 Å². The first-order chi connectivity index (χ1) is 19.1. The van der Waals surface area contributed by atoms with Crippen LogP contribution in [0.4, 0.5) is 10.5 Å². The van der Waals surface area contributed by atoms with Crippen LogP contribution < -0.4 is 4.90 Å². The topological polar surface area (TPSA) is 94.5 Å². The lowest BCUT2D eigenvalue weighted by Gasteiger charge is -2.35. The van der Waals surface area contributed by atoms with Crippen molar-refractivity contribution in [2.75, 3.05) is 19.1 Å². The summed E-state index contributed by atoms with van der Waals surface area (Å²) in [7, 11) is 2.58. The molecule has 0 aliphatic carbocycles. The highest BCUT2D eigenvalue weighted by atomic mass is 16.6. The van der Waals surface area contributed by atoms with E-state index in [4.69, 9.17) is 19.2 Å². The Kier molecular flexibility index (Phi) is 8.38. The summed E-state index contributed by atoms with van der Waals surface area (Å²) in [4.78, 5) is 46.6. The molecule has 3 aromatic rings. The largest absolute Gasteiger partial charge is 0.469 e. The van der Waals surface area contributed by atoms with Gasteiger partial charge in [0.1, 0.15) is 11.1 Å². The molecular formula is C32H34N2O6. The Hall–Kier alpha value is -4.46. The van der Waals surface area contributed by atoms with Gasteiger partial charge in [-0.25, -0.2) is 9.59 Å². The number of methoxy groups -OCH3 is 2. The van der Waals surface area contributed by atoms with E-state index in [0.29, 0.717) is 17.0 Å². The molecule has 1 amide bonds. The van der Waals surface area contributed by atoms with Crippen LogP contribution in [-0.4, -0.2) is 49.6 Å². The molecule has 1 aliphatic heterocycles. The number of aliphatic imine (C=N–C) groups is 1. The number of ether oxygens (including phenoxy) is 3. The maximum atomic E-state index is 13.7. The highest BCUT2D eigenvalue weighted by molar-refractivity contribution is 6.13. The lowest BCUT2D eigenvalue weighted by Crippen LogP contribution is -2.53. The van der Waals surface area contributed by atoms with E-state index >= 15 is 0 Å². The van der Waals surface area contributed by atoms with E-state index in [1.165, 1.54) is 19.1 Å². The summed E-state index contributed by atoms with van der Waals surface area (Å²) in [6, 6.07) is 25.1. The second kappa shape index (κ2) is 11.7. The minimum absolute atomic E-state index is 0.0547. The van der Waals surface area contributed by atoms with Crippen molar-refractivity contribution in [2.24, 2.45) is 4.99 Å². The number of benzene rings is 3. The number of rotatable bonds is 7. The van der Waals surface area contributed by atoms with Crippen molar-refractivity contribution in [3.8, 4) is 0 Å². The number of esters is 2. The van der Waals surface area contributed by atoms with Crippen molar-refractivity contribution in [3.05, 3.63) is 102 Å². The minimum atomic E-state index is -1.41. The summed E-state index contributed by atoms with van der Waals surface area (Å²) in [5.41, 5.74) is 1.04. The molecule has 0 saturated heterocycles. The maximum Gasteiger partial charge on any atom is 0.415 e. The Labute approximate surface area is 234 Å². The van der Waals surface area contributed by atoms with Gasteiger partial charge < -0.3 is 14.2 Å².